The molecule has 142 valence electrons. The summed E-state index contributed by atoms with van der Waals surface area (Å²) in [5, 5.41) is 5.87. The maximum atomic E-state index is 12.3. The summed E-state index contributed by atoms with van der Waals surface area (Å²) in [6.07, 6.45) is 0.884. The Morgan fingerprint density at radius 2 is 2.07 bits per heavy atom. The molecule has 0 spiro atoms. The van der Waals surface area contributed by atoms with E-state index in [1.807, 2.05) is 41.5 Å². The van der Waals surface area contributed by atoms with Gasteiger partial charge < -0.3 is 9.73 Å². The maximum absolute atomic E-state index is 12.3. The van der Waals surface area contributed by atoms with E-state index in [0.29, 0.717) is 25.2 Å². The minimum atomic E-state index is -0.357. The fraction of sp³-hybridized carbons (Fsp3) is 0.333. The summed E-state index contributed by atoms with van der Waals surface area (Å²) in [5.41, 5.74) is 2.26. The van der Waals surface area contributed by atoms with Crippen molar-refractivity contribution < 1.29 is 9.21 Å². The minimum Gasteiger partial charge on any atom is -0.423 e. The second kappa shape index (κ2) is 8.97. The third-order valence-electron chi connectivity index (χ3n) is 4.55. The quantitative estimate of drug-likeness (QED) is 0.603. The van der Waals surface area contributed by atoms with E-state index in [9.17, 15) is 9.59 Å². The first-order valence-corrected chi connectivity index (χ1v) is 10.0. The van der Waals surface area contributed by atoms with Crippen LogP contribution in [0.3, 0.4) is 0 Å². The summed E-state index contributed by atoms with van der Waals surface area (Å²) >= 11 is 1.62. The van der Waals surface area contributed by atoms with Gasteiger partial charge in [-0.3, -0.25) is 9.69 Å². The van der Waals surface area contributed by atoms with Crippen molar-refractivity contribution in [2.24, 2.45) is 0 Å². The number of thiophene rings is 1. The Morgan fingerprint density at radius 1 is 1.22 bits per heavy atom. The van der Waals surface area contributed by atoms with Crippen LogP contribution < -0.4 is 10.9 Å². The standard InChI is InChI=1S/C21H24N2O3S/c1-3-15-7-8-18-16(11-21(25)26-19(18)10-15)13-23(4-2)14-20(24)22-12-17-6-5-9-27-17/h5-11H,3-4,12-14H2,1-2H3,(H,22,24). The molecule has 1 aromatic carbocycles. The van der Waals surface area contributed by atoms with Crippen molar-refractivity contribution in [3.8, 4) is 0 Å². The topological polar surface area (TPSA) is 62.6 Å². The molecule has 0 aliphatic rings. The first-order chi connectivity index (χ1) is 13.1. The number of amides is 1. The van der Waals surface area contributed by atoms with E-state index in [1.165, 1.54) is 6.07 Å². The van der Waals surface area contributed by atoms with E-state index in [-0.39, 0.29) is 18.1 Å². The molecule has 2 heterocycles. The number of hydrogen-bond donors (Lipinski definition) is 1. The molecule has 3 aromatic rings. The number of aryl methyl sites for hydroxylation is 1. The zero-order chi connectivity index (χ0) is 19.2. The molecule has 0 aliphatic heterocycles. The second-order valence-corrected chi connectivity index (χ2v) is 7.47. The van der Waals surface area contributed by atoms with Crippen LogP contribution in [0.4, 0.5) is 0 Å². The van der Waals surface area contributed by atoms with Crippen LogP contribution in [0.15, 0.2) is 51.0 Å². The number of carbonyl (C=O) groups is 1. The van der Waals surface area contributed by atoms with Gasteiger partial charge in [0.05, 0.1) is 13.1 Å². The van der Waals surface area contributed by atoms with Gasteiger partial charge in [-0.1, -0.05) is 32.0 Å². The molecule has 0 aliphatic carbocycles. The summed E-state index contributed by atoms with van der Waals surface area (Å²) in [6, 6.07) is 11.5. The number of benzene rings is 1. The van der Waals surface area contributed by atoms with E-state index < -0.39 is 0 Å². The summed E-state index contributed by atoms with van der Waals surface area (Å²) < 4.78 is 5.37. The third kappa shape index (κ3) is 5.05. The largest absolute Gasteiger partial charge is 0.423 e. The van der Waals surface area contributed by atoms with E-state index in [2.05, 4.69) is 18.3 Å². The smallest absolute Gasteiger partial charge is 0.336 e. The van der Waals surface area contributed by atoms with Crippen LogP contribution >= 0.6 is 11.3 Å². The molecule has 2 aromatic heterocycles. The number of likely N-dealkylation sites (N-methyl/N-ethyl adjacent to an activating group) is 1. The molecular weight excluding hydrogens is 360 g/mol. The summed E-state index contributed by atoms with van der Waals surface area (Å²) in [6.45, 7) is 6.14. The molecular formula is C21H24N2O3S. The van der Waals surface area contributed by atoms with Gasteiger partial charge in [0.25, 0.3) is 0 Å². The molecule has 3 rings (SSSR count). The number of nitrogens with zero attached hydrogens (tertiary/aromatic N) is 1. The maximum Gasteiger partial charge on any atom is 0.336 e. The number of fused-ring (bicyclic) bond motifs is 1. The zero-order valence-corrected chi connectivity index (χ0v) is 16.5. The van der Waals surface area contributed by atoms with Crippen LogP contribution in [0, 0.1) is 0 Å². The lowest BCUT2D eigenvalue weighted by molar-refractivity contribution is -0.122. The average Bonchev–Trinajstić information content (AvgIpc) is 3.18. The molecule has 0 saturated heterocycles. The predicted molar refractivity (Wildman–Crippen MR) is 109 cm³/mol. The van der Waals surface area contributed by atoms with Crippen molar-refractivity contribution in [2.75, 3.05) is 13.1 Å². The van der Waals surface area contributed by atoms with Crippen LogP contribution in [0.25, 0.3) is 11.0 Å². The van der Waals surface area contributed by atoms with Gasteiger partial charge in [-0.2, -0.15) is 0 Å². The molecule has 1 amide bonds. The van der Waals surface area contributed by atoms with Crippen LogP contribution in [0.2, 0.25) is 0 Å². The Hall–Kier alpha value is -2.44. The van der Waals surface area contributed by atoms with Crippen LogP contribution in [0.1, 0.15) is 29.9 Å². The van der Waals surface area contributed by atoms with Gasteiger partial charge in [-0.25, -0.2) is 4.79 Å². The molecule has 0 fully saturated rings. The molecule has 0 atom stereocenters. The monoisotopic (exact) mass is 384 g/mol. The lowest BCUT2D eigenvalue weighted by atomic mass is 10.1. The highest BCUT2D eigenvalue weighted by atomic mass is 32.1. The lowest BCUT2D eigenvalue weighted by Crippen LogP contribution is -2.36. The highest BCUT2D eigenvalue weighted by molar-refractivity contribution is 7.09. The SMILES string of the molecule is CCc1ccc2c(CN(CC)CC(=O)NCc3cccs3)cc(=O)oc2c1. The molecule has 0 bridgehead atoms. The molecule has 6 heteroatoms. The minimum absolute atomic E-state index is 0.0224. The first kappa shape index (κ1) is 19.3. The molecule has 1 N–H and O–H groups in total. The van der Waals surface area contributed by atoms with E-state index >= 15 is 0 Å². The van der Waals surface area contributed by atoms with Crippen molar-refractivity contribution in [1.29, 1.82) is 0 Å². The normalized spacial score (nSPS) is 11.2. The highest BCUT2D eigenvalue weighted by Gasteiger charge is 2.13. The zero-order valence-electron chi connectivity index (χ0n) is 15.7. The van der Waals surface area contributed by atoms with Gasteiger partial charge >= 0.3 is 5.63 Å². The number of rotatable bonds is 8. The Morgan fingerprint density at radius 3 is 2.78 bits per heavy atom. The van der Waals surface area contributed by atoms with Crippen molar-refractivity contribution >= 4 is 28.2 Å². The molecule has 0 radical (unpaired) electrons. The van der Waals surface area contributed by atoms with Gasteiger partial charge in [-0.05, 0) is 41.6 Å². The van der Waals surface area contributed by atoms with Crippen molar-refractivity contribution in [2.45, 2.75) is 33.4 Å². The van der Waals surface area contributed by atoms with Gasteiger partial charge in [0.15, 0.2) is 0 Å². The number of carbonyl (C=O) groups excluding carboxylic acids is 1. The summed E-state index contributed by atoms with van der Waals surface area (Å²) in [5.74, 6) is -0.0224. The van der Waals surface area contributed by atoms with E-state index in [4.69, 9.17) is 4.42 Å². The van der Waals surface area contributed by atoms with Gasteiger partial charge in [0.2, 0.25) is 5.91 Å². The van der Waals surface area contributed by atoms with Crippen molar-refractivity contribution in [3.63, 3.8) is 0 Å². The highest BCUT2D eigenvalue weighted by Crippen LogP contribution is 2.20. The van der Waals surface area contributed by atoms with Gasteiger partial charge in [-0.15, -0.1) is 11.3 Å². The van der Waals surface area contributed by atoms with Crippen LogP contribution in [-0.2, 0) is 24.3 Å². The van der Waals surface area contributed by atoms with E-state index in [0.717, 1.165) is 27.8 Å². The van der Waals surface area contributed by atoms with Crippen molar-refractivity contribution in [1.82, 2.24) is 10.2 Å². The second-order valence-electron chi connectivity index (χ2n) is 6.43. The Balaban J connectivity index is 1.72. The fourth-order valence-corrected chi connectivity index (χ4v) is 3.65. The third-order valence-corrected chi connectivity index (χ3v) is 5.43. The van der Waals surface area contributed by atoms with Gasteiger partial charge in [0.1, 0.15) is 5.58 Å². The molecule has 0 unspecified atom stereocenters. The summed E-state index contributed by atoms with van der Waals surface area (Å²) in [7, 11) is 0. The van der Waals surface area contributed by atoms with Crippen LogP contribution in [-0.4, -0.2) is 23.9 Å². The van der Waals surface area contributed by atoms with E-state index in [1.54, 1.807) is 11.3 Å². The number of hydrogen-bond acceptors (Lipinski definition) is 5. The Labute approximate surface area is 162 Å². The molecule has 27 heavy (non-hydrogen) atoms. The Kier molecular flexibility index (Phi) is 6.42. The van der Waals surface area contributed by atoms with Crippen molar-refractivity contribution in [3.05, 3.63) is 68.2 Å². The van der Waals surface area contributed by atoms with Crippen LogP contribution in [0.5, 0.6) is 0 Å². The Bertz CT molecular complexity index is 963. The number of nitrogens with one attached hydrogen (secondary N) is 1. The molecule has 0 saturated carbocycles. The molecule has 5 nitrogen and oxygen atoms in total. The predicted octanol–water partition coefficient (Wildman–Crippen LogP) is 3.56. The summed E-state index contributed by atoms with van der Waals surface area (Å²) in [4.78, 5) is 27.4. The lowest BCUT2D eigenvalue weighted by Gasteiger charge is -2.20. The average molecular weight is 385 g/mol. The first-order valence-electron chi connectivity index (χ1n) is 9.16. The fourth-order valence-electron chi connectivity index (χ4n) is 3.00. The van der Waals surface area contributed by atoms with Gasteiger partial charge in [0, 0.05) is 22.9 Å².